The number of hydrogen-bond acceptors (Lipinski definition) is 8. The molecule has 0 aliphatic heterocycles. The fourth-order valence-corrected chi connectivity index (χ4v) is 4.97. The van der Waals surface area contributed by atoms with Crippen molar-refractivity contribution >= 4 is 34.1 Å². The van der Waals surface area contributed by atoms with Gasteiger partial charge in [0.2, 0.25) is 0 Å². The Hall–Kier alpha value is -4.22. The maximum Gasteiger partial charge on any atom is 0.262 e. The molecule has 0 fully saturated rings. The summed E-state index contributed by atoms with van der Waals surface area (Å²) in [6.45, 7) is 0. The summed E-state index contributed by atoms with van der Waals surface area (Å²) in [4.78, 5) is 42.9. The Kier molecular flexibility index (Phi) is 7.43. The summed E-state index contributed by atoms with van der Waals surface area (Å²) in [7, 11) is 0. The molecule has 1 amide bonds. The first-order valence-corrected chi connectivity index (χ1v) is 13.0. The van der Waals surface area contributed by atoms with Crippen LogP contribution >= 0.6 is 23.1 Å². The van der Waals surface area contributed by atoms with Crippen LogP contribution in [-0.4, -0.2) is 30.4 Å². The Bertz CT molecular complexity index is 1560. The first-order valence-electron chi connectivity index (χ1n) is 11.1. The highest BCUT2D eigenvalue weighted by atomic mass is 32.2. The van der Waals surface area contributed by atoms with Crippen LogP contribution in [0.5, 0.6) is 0 Å². The largest absolute Gasteiger partial charge is 0.298 e. The number of carbonyl (C=O) groups excluding carboxylic acids is 1. The fraction of sp³-hybridized carbons (Fsp3) is 0.0769. The Labute approximate surface area is 219 Å². The molecule has 0 saturated heterocycles. The van der Waals surface area contributed by atoms with Crippen molar-refractivity contribution in [1.82, 2.24) is 24.5 Å². The van der Waals surface area contributed by atoms with Crippen molar-refractivity contribution in [2.45, 2.75) is 17.3 Å². The van der Waals surface area contributed by atoms with Crippen molar-refractivity contribution in [1.29, 1.82) is 0 Å². The van der Waals surface area contributed by atoms with E-state index in [1.54, 1.807) is 66.6 Å². The molecule has 8 nitrogen and oxygen atoms in total. The molecule has 0 spiro atoms. The summed E-state index contributed by atoms with van der Waals surface area (Å²) in [5, 5.41) is 5.50. The van der Waals surface area contributed by atoms with E-state index in [2.05, 4.69) is 25.3 Å². The van der Waals surface area contributed by atoms with E-state index >= 15 is 0 Å². The van der Waals surface area contributed by atoms with Crippen LogP contribution in [0.15, 0.2) is 95.0 Å². The lowest BCUT2D eigenvalue weighted by molar-refractivity contribution is 0.102. The third kappa shape index (κ3) is 5.96. The SMILES string of the molecule is O=C(Nc1nccs1)c1ccc(-n2c(SCc3ccc(F)cc3)ncc(Cc3cncnc3)c2=O)cc1. The second-order valence-corrected chi connectivity index (χ2v) is 9.72. The maximum atomic E-state index is 13.6. The highest BCUT2D eigenvalue weighted by Gasteiger charge is 2.15. The molecule has 0 unspecified atom stereocenters. The number of thiazole rings is 1. The van der Waals surface area contributed by atoms with Gasteiger partial charge in [-0.15, -0.1) is 11.3 Å². The van der Waals surface area contributed by atoms with Crippen LogP contribution in [0.3, 0.4) is 0 Å². The molecule has 184 valence electrons. The van der Waals surface area contributed by atoms with Gasteiger partial charge in [-0.05, 0) is 47.5 Å². The molecule has 3 heterocycles. The number of hydrogen-bond donors (Lipinski definition) is 1. The number of anilines is 1. The van der Waals surface area contributed by atoms with Gasteiger partial charge in [0.25, 0.3) is 11.5 Å². The predicted octanol–water partition coefficient (Wildman–Crippen LogP) is 4.75. The minimum absolute atomic E-state index is 0.236. The number of benzene rings is 2. The number of nitrogens with one attached hydrogen (secondary N) is 1. The Balaban J connectivity index is 1.46. The van der Waals surface area contributed by atoms with Gasteiger partial charge in [-0.25, -0.2) is 24.3 Å². The van der Waals surface area contributed by atoms with Gasteiger partial charge in [-0.3, -0.25) is 19.5 Å². The number of rotatable bonds is 8. The first-order chi connectivity index (χ1) is 18.1. The molecule has 0 saturated carbocycles. The van der Waals surface area contributed by atoms with Crippen molar-refractivity contribution in [3.63, 3.8) is 0 Å². The molecule has 3 aromatic heterocycles. The third-order valence-electron chi connectivity index (χ3n) is 5.33. The molecule has 2 aromatic carbocycles. The number of nitrogens with zero attached hydrogens (tertiary/aromatic N) is 5. The summed E-state index contributed by atoms with van der Waals surface area (Å²) < 4.78 is 14.8. The van der Waals surface area contributed by atoms with E-state index in [1.165, 1.54) is 46.1 Å². The number of thioether (sulfide) groups is 1. The van der Waals surface area contributed by atoms with Crippen molar-refractivity contribution < 1.29 is 9.18 Å². The normalized spacial score (nSPS) is 10.8. The summed E-state index contributed by atoms with van der Waals surface area (Å²) >= 11 is 2.69. The molecule has 0 atom stereocenters. The van der Waals surface area contributed by atoms with Gasteiger partial charge in [0.05, 0.1) is 5.69 Å². The number of aromatic nitrogens is 5. The molecule has 5 aromatic rings. The lowest BCUT2D eigenvalue weighted by atomic mass is 10.1. The van der Waals surface area contributed by atoms with Gasteiger partial charge in [-0.1, -0.05) is 23.9 Å². The van der Waals surface area contributed by atoms with Gasteiger partial charge in [-0.2, -0.15) is 0 Å². The lowest BCUT2D eigenvalue weighted by Crippen LogP contribution is -2.25. The zero-order valence-corrected chi connectivity index (χ0v) is 20.9. The molecule has 0 radical (unpaired) electrons. The van der Waals surface area contributed by atoms with E-state index in [-0.39, 0.29) is 17.3 Å². The topological polar surface area (TPSA) is 103 Å². The third-order valence-corrected chi connectivity index (χ3v) is 7.04. The van der Waals surface area contributed by atoms with Gasteiger partial charge in [0, 0.05) is 53.5 Å². The standard InChI is InChI=1S/C26H19FN6O2S2/c27-21-5-1-17(2-6-21)15-37-26-31-14-20(11-18-12-28-16-29-13-18)24(35)33(26)22-7-3-19(4-8-22)23(34)32-25-30-9-10-36-25/h1-10,12-14,16H,11,15H2,(H,30,32,34). The van der Waals surface area contributed by atoms with E-state index in [0.717, 1.165) is 11.1 Å². The van der Waals surface area contributed by atoms with Crippen molar-refractivity contribution in [3.8, 4) is 5.69 Å². The Morgan fingerprint density at radius 2 is 1.73 bits per heavy atom. The molecule has 1 N–H and O–H groups in total. The molecule has 5 rings (SSSR count). The highest BCUT2D eigenvalue weighted by molar-refractivity contribution is 7.98. The van der Waals surface area contributed by atoms with Crippen molar-refractivity contribution in [2.24, 2.45) is 0 Å². The van der Waals surface area contributed by atoms with Gasteiger partial charge in [0.1, 0.15) is 12.1 Å². The summed E-state index contributed by atoms with van der Waals surface area (Å²) in [6.07, 6.45) is 8.25. The minimum atomic E-state index is -0.308. The lowest BCUT2D eigenvalue weighted by Gasteiger charge is -2.14. The number of carbonyl (C=O) groups is 1. The summed E-state index contributed by atoms with van der Waals surface area (Å²) in [5.74, 6) is -0.111. The molecule has 0 bridgehead atoms. The smallest absolute Gasteiger partial charge is 0.262 e. The predicted molar refractivity (Wildman–Crippen MR) is 141 cm³/mol. The Morgan fingerprint density at radius 1 is 0.973 bits per heavy atom. The first kappa shape index (κ1) is 24.5. The number of amides is 1. The Morgan fingerprint density at radius 3 is 2.43 bits per heavy atom. The van der Waals surface area contributed by atoms with E-state index in [1.807, 2.05) is 0 Å². The summed E-state index contributed by atoms with van der Waals surface area (Å²) in [5.41, 5.74) is 2.92. The maximum absolute atomic E-state index is 13.6. The van der Waals surface area contributed by atoms with Crippen LogP contribution < -0.4 is 10.9 Å². The second-order valence-electron chi connectivity index (χ2n) is 7.88. The number of halogens is 1. The average Bonchev–Trinajstić information content (AvgIpc) is 3.43. The van der Waals surface area contributed by atoms with E-state index < -0.39 is 0 Å². The van der Waals surface area contributed by atoms with E-state index in [4.69, 9.17) is 0 Å². The van der Waals surface area contributed by atoms with Crippen LogP contribution in [0.1, 0.15) is 27.0 Å². The highest BCUT2D eigenvalue weighted by Crippen LogP contribution is 2.24. The van der Waals surface area contributed by atoms with Crippen LogP contribution in [0, 0.1) is 5.82 Å². The zero-order valence-electron chi connectivity index (χ0n) is 19.2. The van der Waals surface area contributed by atoms with Crippen LogP contribution in [0.4, 0.5) is 9.52 Å². The van der Waals surface area contributed by atoms with Gasteiger partial charge in [0.15, 0.2) is 10.3 Å². The monoisotopic (exact) mass is 530 g/mol. The van der Waals surface area contributed by atoms with E-state index in [0.29, 0.717) is 39.3 Å². The molecule has 0 aliphatic rings. The van der Waals surface area contributed by atoms with E-state index in [9.17, 15) is 14.0 Å². The van der Waals surface area contributed by atoms with Crippen LogP contribution in [-0.2, 0) is 12.2 Å². The molecular weight excluding hydrogens is 511 g/mol. The van der Waals surface area contributed by atoms with Crippen molar-refractivity contribution in [2.75, 3.05) is 5.32 Å². The van der Waals surface area contributed by atoms with Gasteiger partial charge >= 0.3 is 0 Å². The molecule has 11 heteroatoms. The van der Waals surface area contributed by atoms with Gasteiger partial charge < -0.3 is 0 Å². The molecule has 0 aliphatic carbocycles. The van der Waals surface area contributed by atoms with Crippen LogP contribution in [0.25, 0.3) is 5.69 Å². The fourth-order valence-electron chi connectivity index (χ4n) is 3.51. The quantitative estimate of drug-likeness (QED) is 0.228. The summed E-state index contributed by atoms with van der Waals surface area (Å²) in [6, 6.07) is 12.9. The average molecular weight is 531 g/mol. The van der Waals surface area contributed by atoms with Crippen LogP contribution in [0.2, 0.25) is 0 Å². The second kappa shape index (κ2) is 11.2. The molecule has 37 heavy (non-hydrogen) atoms. The minimum Gasteiger partial charge on any atom is -0.298 e. The zero-order chi connectivity index (χ0) is 25.6. The molecular formula is C26H19FN6O2S2. The van der Waals surface area contributed by atoms with Crippen molar-refractivity contribution in [3.05, 3.63) is 123 Å².